The quantitative estimate of drug-likeness (QED) is 0.267. The molecule has 0 bridgehead atoms. The first kappa shape index (κ1) is 16.6. The average Bonchev–Trinajstić information content (AvgIpc) is 2.75. The molecule has 2 aromatic carbocycles. The second-order valence-corrected chi connectivity index (χ2v) is 4.87. The summed E-state index contributed by atoms with van der Waals surface area (Å²) < 4.78 is 10.0. The summed E-state index contributed by atoms with van der Waals surface area (Å²) in [5.74, 6) is 0.750. The van der Waals surface area contributed by atoms with E-state index in [1.165, 1.54) is 0 Å². The number of ether oxygens (including phenoxy) is 1. The van der Waals surface area contributed by atoms with E-state index in [0.717, 1.165) is 28.5 Å². The zero-order chi connectivity index (χ0) is 14.8. The van der Waals surface area contributed by atoms with Crippen molar-refractivity contribution in [2.45, 2.75) is 0 Å². The number of benzene rings is 2. The molecule has 0 aliphatic rings. The number of thiocarbonyl (C=S) groups is 1. The molecule has 6 heteroatoms. The predicted molar refractivity (Wildman–Crippen MR) is 85.3 cm³/mol. The van der Waals surface area contributed by atoms with Crippen molar-refractivity contribution < 1.29 is 33.3 Å². The minimum Gasteiger partial charge on any atom is -1.00 e. The summed E-state index contributed by atoms with van der Waals surface area (Å²) in [6.07, 6.45) is 0. The fourth-order valence-electron chi connectivity index (χ4n) is 2.35. The molecule has 112 valence electrons. The normalized spacial score (nSPS) is 9.91. The molecule has 0 aliphatic carbocycles. The molecule has 3 rings (SSSR count). The van der Waals surface area contributed by atoms with Crippen molar-refractivity contribution in [1.29, 1.82) is 0 Å². The molecule has 0 amide bonds. The lowest BCUT2D eigenvalue weighted by molar-refractivity contribution is -0.650. The third-order valence-electron chi connectivity index (χ3n) is 3.40. The summed E-state index contributed by atoms with van der Waals surface area (Å²) in [6.45, 7) is 0. The van der Waals surface area contributed by atoms with Crippen molar-refractivity contribution in [2.24, 2.45) is 19.1 Å². The van der Waals surface area contributed by atoms with E-state index in [4.69, 9.17) is 4.74 Å². The van der Waals surface area contributed by atoms with Crippen LogP contribution in [0.4, 0.5) is 5.69 Å². The van der Waals surface area contributed by atoms with Gasteiger partial charge in [-0.05, 0) is 48.6 Å². The van der Waals surface area contributed by atoms with Crippen molar-refractivity contribution in [3.8, 4) is 11.8 Å². The number of aryl methyl sites for hydroxylation is 2. The van der Waals surface area contributed by atoms with Crippen LogP contribution in [0, 0.1) is 0 Å². The molecular formula is C16H14IN3OS. The highest BCUT2D eigenvalue weighted by Crippen LogP contribution is 2.24. The molecule has 0 atom stereocenters. The second kappa shape index (κ2) is 7.00. The summed E-state index contributed by atoms with van der Waals surface area (Å²) in [4.78, 5) is 3.92. The number of aromatic nitrogens is 2. The number of nitrogens with zero attached hydrogens (tertiary/aromatic N) is 3. The Morgan fingerprint density at radius 2 is 1.82 bits per heavy atom. The lowest BCUT2D eigenvalue weighted by atomic mass is 10.3. The number of para-hydroxylation sites is 2. The molecule has 0 saturated heterocycles. The first-order chi connectivity index (χ1) is 10.2. The SMILES string of the molecule is Cn1c(Oc2ccc(N=C=S)cc2)[n+](C)c2ccccc21.[I-]. The van der Waals surface area contributed by atoms with Crippen LogP contribution in [-0.4, -0.2) is 9.73 Å². The molecule has 0 N–H and O–H groups in total. The molecule has 1 heterocycles. The molecule has 3 aromatic rings. The van der Waals surface area contributed by atoms with Gasteiger partial charge in [0.1, 0.15) is 5.75 Å². The maximum absolute atomic E-state index is 6.00. The van der Waals surface area contributed by atoms with Gasteiger partial charge < -0.3 is 28.7 Å². The van der Waals surface area contributed by atoms with Crippen LogP contribution >= 0.6 is 12.2 Å². The van der Waals surface area contributed by atoms with E-state index in [0.29, 0.717) is 0 Å². The van der Waals surface area contributed by atoms with Gasteiger partial charge in [-0.25, -0.2) is 0 Å². The van der Waals surface area contributed by atoms with E-state index >= 15 is 0 Å². The zero-order valence-electron chi connectivity index (χ0n) is 12.2. The van der Waals surface area contributed by atoms with Gasteiger partial charge in [0, 0.05) is 0 Å². The van der Waals surface area contributed by atoms with Crippen LogP contribution in [0.5, 0.6) is 11.8 Å². The standard InChI is InChI=1S/C16H14N3OS.HI/c1-18-14-5-3-4-6-15(14)19(2)16(18)20-13-9-7-12(8-10-13)17-11-21;/h3-10H,1-2H3;1H/q+1;/p-1. The van der Waals surface area contributed by atoms with Gasteiger partial charge in [0.05, 0.1) is 24.9 Å². The largest absolute Gasteiger partial charge is 1.00 e. The number of hydrogen-bond donors (Lipinski definition) is 0. The Labute approximate surface area is 151 Å². The number of isothiocyanates is 1. The Morgan fingerprint density at radius 3 is 2.45 bits per heavy atom. The lowest BCUT2D eigenvalue weighted by Crippen LogP contribution is -3.00. The number of fused-ring (bicyclic) bond motifs is 1. The molecule has 0 radical (unpaired) electrons. The van der Waals surface area contributed by atoms with Crippen LogP contribution in [0.2, 0.25) is 0 Å². The lowest BCUT2D eigenvalue weighted by Gasteiger charge is -2.02. The Bertz CT molecular complexity index is 813. The fourth-order valence-corrected chi connectivity index (χ4v) is 2.45. The van der Waals surface area contributed by atoms with Gasteiger partial charge in [-0.3, -0.25) is 0 Å². The van der Waals surface area contributed by atoms with E-state index < -0.39 is 0 Å². The molecule has 0 unspecified atom stereocenters. The number of imidazole rings is 1. The molecule has 0 fully saturated rings. The van der Waals surface area contributed by atoms with E-state index in [1.807, 2.05) is 59.6 Å². The third-order valence-corrected chi connectivity index (χ3v) is 3.49. The van der Waals surface area contributed by atoms with Crippen molar-refractivity contribution in [1.82, 2.24) is 4.57 Å². The maximum atomic E-state index is 6.00. The summed E-state index contributed by atoms with van der Waals surface area (Å²) >= 11 is 4.59. The number of aliphatic imine (C=N–C) groups is 1. The molecule has 22 heavy (non-hydrogen) atoms. The predicted octanol–water partition coefficient (Wildman–Crippen LogP) is 0.533. The van der Waals surface area contributed by atoms with Crippen molar-refractivity contribution >= 4 is 34.1 Å². The first-order valence-corrected chi connectivity index (χ1v) is 6.91. The third kappa shape index (κ3) is 3.04. The van der Waals surface area contributed by atoms with Gasteiger partial charge >= 0.3 is 6.01 Å². The molecular weight excluding hydrogens is 409 g/mol. The van der Waals surface area contributed by atoms with E-state index in [9.17, 15) is 0 Å². The van der Waals surface area contributed by atoms with Crippen LogP contribution in [-0.2, 0) is 14.1 Å². The average molecular weight is 423 g/mol. The second-order valence-electron chi connectivity index (χ2n) is 4.69. The monoisotopic (exact) mass is 423 g/mol. The molecule has 0 saturated carbocycles. The van der Waals surface area contributed by atoms with Gasteiger partial charge in [0.15, 0.2) is 11.0 Å². The Kier molecular flexibility index (Phi) is 5.28. The number of hydrogen-bond acceptors (Lipinski definition) is 3. The highest BCUT2D eigenvalue weighted by molar-refractivity contribution is 7.78. The van der Waals surface area contributed by atoms with Crippen LogP contribution in [0.3, 0.4) is 0 Å². The molecule has 0 spiro atoms. The maximum Gasteiger partial charge on any atom is 0.462 e. The minimum atomic E-state index is 0. The Hall–Kier alpha value is -1.76. The van der Waals surface area contributed by atoms with Gasteiger partial charge in [0.25, 0.3) is 0 Å². The topological polar surface area (TPSA) is 30.4 Å². The van der Waals surface area contributed by atoms with Gasteiger partial charge in [-0.1, -0.05) is 12.1 Å². The zero-order valence-corrected chi connectivity index (χ0v) is 15.1. The fraction of sp³-hybridized carbons (Fsp3) is 0.125. The Balaban J connectivity index is 0.00000176. The van der Waals surface area contributed by atoms with E-state index in [-0.39, 0.29) is 24.0 Å². The smallest absolute Gasteiger partial charge is 0.462 e. The number of halogens is 1. The van der Waals surface area contributed by atoms with Gasteiger partial charge in [-0.15, -0.1) is 0 Å². The summed E-state index contributed by atoms with van der Waals surface area (Å²) in [6, 6.07) is 16.4. The van der Waals surface area contributed by atoms with Crippen LogP contribution in [0.25, 0.3) is 11.0 Å². The molecule has 4 nitrogen and oxygen atoms in total. The van der Waals surface area contributed by atoms with E-state index in [1.54, 1.807) is 0 Å². The summed E-state index contributed by atoms with van der Waals surface area (Å²) in [7, 11) is 3.98. The molecule has 1 aromatic heterocycles. The van der Waals surface area contributed by atoms with Gasteiger partial charge in [-0.2, -0.15) is 14.1 Å². The Morgan fingerprint density at radius 1 is 1.14 bits per heavy atom. The summed E-state index contributed by atoms with van der Waals surface area (Å²) in [5.41, 5.74) is 3.01. The van der Waals surface area contributed by atoms with E-state index in [2.05, 4.69) is 34.5 Å². The van der Waals surface area contributed by atoms with Crippen LogP contribution in [0.15, 0.2) is 53.5 Å². The first-order valence-electron chi connectivity index (χ1n) is 6.50. The number of rotatable bonds is 3. The molecule has 0 aliphatic heterocycles. The van der Waals surface area contributed by atoms with Crippen molar-refractivity contribution in [3.63, 3.8) is 0 Å². The van der Waals surface area contributed by atoms with Crippen molar-refractivity contribution in [2.75, 3.05) is 0 Å². The highest BCUT2D eigenvalue weighted by atomic mass is 127. The minimum absolute atomic E-state index is 0. The highest BCUT2D eigenvalue weighted by Gasteiger charge is 2.21. The van der Waals surface area contributed by atoms with Crippen LogP contribution in [0.1, 0.15) is 0 Å². The summed E-state index contributed by atoms with van der Waals surface area (Å²) in [5, 5.41) is 2.35. The van der Waals surface area contributed by atoms with Gasteiger partial charge in [0.2, 0.25) is 0 Å². The van der Waals surface area contributed by atoms with Crippen LogP contribution < -0.4 is 33.3 Å². The van der Waals surface area contributed by atoms with Crippen molar-refractivity contribution in [3.05, 3.63) is 48.5 Å².